The number of anilines is 1. The van der Waals surface area contributed by atoms with Crippen LogP contribution in [-0.2, 0) is 10.2 Å². The summed E-state index contributed by atoms with van der Waals surface area (Å²) in [6.07, 6.45) is 0.826. The van der Waals surface area contributed by atoms with Gasteiger partial charge in [0.15, 0.2) is 0 Å². The summed E-state index contributed by atoms with van der Waals surface area (Å²) in [7, 11) is 0. The van der Waals surface area contributed by atoms with Crippen LogP contribution in [0.1, 0.15) is 12.0 Å². The lowest BCUT2D eigenvalue weighted by molar-refractivity contribution is -0.118. The maximum Gasteiger partial charge on any atom is 0.235 e. The first-order valence-corrected chi connectivity index (χ1v) is 5.03. The average molecular weight is 204 g/mol. The van der Waals surface area contributed by atoms with E-state index in [0.717, 1.165) is 17.7 Å². The summed E-state index contributed by atoms with van der Waals surface area (Å²) in [6.45, 7) is 0.535. The van der Waals surface area contributed by atoms with Gasteiger partial charge in [-0.05, 0) is 30.5 Å². The number of nitrogens with two attached hydrogens (primary N) is 1. The summed E-state index contributed by atoms with van der Waals surface area (Å²) in [6, 6.07) is 5.03. The Bertz CT molecular complexity index is 458. The third-order valence-corrected chi connectivity index (χ3v) is 3.53. The van der Waals surface area contributed by atoms with E-state index >= 15 is 0 Å². The maximum atomic E-state index is 11.8. The number of phenols is 1. The molecule has 15 heavy (non-hydrogen) atoms. The van der Waals surface area contributed by atoms with E-state index in [9.17, 15) is 9.90 Å². The molecule has 2 aliphatic rings. The van der Waals surface area contributed by atoms with E-state index in [1.807, 2.05) is 6.07 Å². The smallest absolute Gasteiger partial charge is 0.235 e. The summed E-state index contributed by atoms with van der Waals surface area (Å²) in [5.41, 5.74) is 6.94. The highest BCUT2D eigenvalue weighted by Gasteiger charge is 2.63. The number of aromatic hydroxyl groups is 1. The minimum absolute atomic E-state index is 0.0264. The molecule has 3 rings (SSSR count). The molecule has 1 fully saturated rings. The number of phenolic OH excluding ortho intramolecular Hbond substituents is 1. The molecule has 2 unspecified atom stereocenters. The number of benzene rings is 1. The minimum Gasteiger partial charge on any atom is -0.508 e. The van der Waals surface area contributed by atoms with E-state index < -0.39 is 5.41 Å². The Kier molecular flexibility index (Phi) is 1.47. The SMILES string of the molecule is NCC1CC12C(=O)Nc1cc(O)ccc12. The number of hydrogen-bond donors (Lipinski definition) is 3. The first-order valence-electron chi connectivity index (χ1n) is 5.03. The molecule has 78 valence electrons. The molecule has 1 aromatic rings. The molecule has 1 aromatic carbocycles. The molecular weight excluding hydrogens is 192 g/mol. The lowest BCUT2D eigenvalue weighted by Crippen LogP contribution is -2.23. The molecular formula is C11H12N2O2. The molecule has 1 aliphatic heterocycles. The Hall–Kier alpha value is -1.55. The van der Waals surface area contributed by atoms with Crippen molar-refractivity contribution in [2.75, 3.05) is 11.9 Å². The van der Waals surface area contributed by atoms with Crippen molar-refractivity contribution in [3.8, 4) is 5.75 Å². The van der Waals surface area contributed by atoms with Gasteiger partial charge in [0.2, 0.25) is 5.91 Å². The molecule has 1 amide bonds. The maximum absolute atomic E-state index is 11.8. The molecule has 4 heteroatoms. The van der Waals surface area contributed by atoms with Crippen LogP contribution in [0.5, 0.6) is 5.75 Å². The van der Waals surface area contributed by atoms with E-state index in [1.54, 1.807) is 12.1 Å². The highest BCUT2D eigenvalue weighted by molar-refractivity contribution is 6.09. The number of nitrogens with one attached hydrogen (secondary N) is 1. The van der Waals surface area contributed by atoms with Gasteiger partial charge < -0.3 is 16.2 Å². The second-order valence-electron chi connectivity index (χ2n) is 4.29. The van der Waals surface area contributed by atoms with Gasteiger partial charge in [-0.15, -0.1) is 0 Å². The predicted molar refractivity (Wildman–Crippen MR) is 55.6 cm³/mol. The lowest BCUT2D eigenvalue weighted by Gasteiger charge is -2.06. The number of hydrogen-bond acceptors (Lipinski definition) is 3. The van der Waals surface area contributed by atoms with Gasteiger partial charge in [-0.25, -0.2) is 0 Å². The van der Waals surface area contributed by atoms with Crippen LogP contribution in [0.25, 0.3) is 0 Å². The molecule has 2 atom stereocenters. The van der Waals surface area contributed by atoms with Crippen LogP contribution < -0.4 is 11.1 Å². The van der Waals surface area contributed by atoms with E-state index in [0.29, 0.717) is 6.54 Å². The number of amides is 1. The first kappa shape index (κ1) is 8.73. The van der Waals surface area contributed by atoms with Crippen LogP contribution in [0.3, 0.4) is 0 Å². The molecule has 0 saturated heterocycles. The van der Waals surface area contributed by atoms with Crippen LogP contribution in [-0.4, -0.2) is 17.6 Å². The van der Waals surface area contributed by atoms with E-state index in [1.165, 1.54) is 0 Å². The van der Waals surface area contributed by atoms with Crippen LogP contribution in [0.2, 0.25) is 0 Å². The third-order valence-electron chi connectivity index (χ3n) is 3.53. The van der Waals surface area contributed by atoms with Gasteiger partial charge >= 0.3 is 0 Å². The molecule has 0 radical (unpaired) electrons. The zero-order valence-electron chi connectivity index (χ0n) is 8.16. The Balaban J connectivity index is 2.12. The summed E-state index contributed by atoms with van der Waals surface area (Å²) in [4.78, 5) is 11.8. The Labute approximate surface area is 87.1 Å². The molecule has 1 heterocycles. The molecule has 4 nitrogen and oxygen atoms in total. The molecule has 4 N–H and O–H groups in total. The van der Waals surface area contributed by atoms with Crippen molar-refractivity contribution in [2.24, 2.45) is 11.7 Å². The second-order valence-corrected chi connectivity index (χ2v) is 4.29. The second kappa shape index (κ2) is 2.52. The van der Waals surface area contributed by atoms with Gasteiger partial charge in [0.25, 0.3) is 0 Å². The number of carbonyl (C=O) groups excluding carboxylic acids is 1. The quantitative estimate of drug-likeness (QED) is 0.625. The van der Waals surface area contributed by atoms with E-state index in [4.69, 9.17) is 5.73 Å². The highest BCUT2D eigenvalue weighted by Crippen LogP contribution is 2.59. The van der Waals surface area contributed by atoms with Crippen molar-refractivity contribution < 1.29 is 9.90 Å². The lowest BCUT2D eigenvalue weighted by atomic mass is 9.95. The van der Waals surface area contributed by atoms with Gasteiger partial charge in [0.05, 0.1) is 5.41 Å². The Morgan fingerprint density at radius 2 is 2.40 bits per heavy atom. The highest BCUT2D eigenvalue weighted by atomic mass is 16.3. The standard InChI is InChI=1S/C11H12N2O2/c12-5-6-4-11(6)8-2-1-7(14)3-9(8)13-10(11)15/h1-3,6,14H,4-5,12H2,(H,13,15). The summed E-state index contributed by atoms with van der Waals surface area (Å²) in [5, 5.41) is 12.1. The number of rotatable bonds is 1. The van der Waals surface area contributed by atoms with Crippen LogP contribution in [0.4, 0.5) is 5.69 Å². The first-order chi connectivity index (χ1) is 7.18. The van der Waals surface area contributed by atoms with Gasteiger partial charge in [0.1, 0.15) is 5.75 Å². The minimum atomic E-state index is -0.391. The average Bonchev–Trinajstić information content (AvgIpc) is 2.86. The molecule has 1 spiro atoms. The van der Waals surface area contributed by atoms with E-state index in [-0.39, 0.29) is 17.6 Å². The van der Waals surface area contributed by atoms with Gasteiger partial charge in [-0.3, -0.25) is 4.79 Å². The fraction of sp³-hybridized carbons (Fsp3) is 0.364. The molecule has 1 aliphatic carbocycles. The van der Waals surface area contributed by atoms with Crippen LogP contribution >= 0.6 is 0 Å². The normalized spacial score (nSPS) is 31.5. The zero-order valence-corrected chi connectivity index (χ0v) is 8.16. The van der Waals surface area contributed by atoms with Crippen LogP contribution in [0.15, 0.2) is 18.2 Å². The largest absolute Gasteiger partial charge is 0.508 e. The van der Waals surface area contributed by atoms with Crippen molar-refractivity contribution in [2.45, 2.75) is 11.8 Å². The molecule has 1 saturated carbocycles. The van der Waals surface area contributed by atoms with Gasteiger partial charge in [0, 0.05) is 11.8 Å². The fourth-order valence-electron chi connectivity index (χ4n) is 2.60. The van der Waals surface area contributed by atoms with Crippen molar-refractivity contribution in [1.82, 2.24) is 0 Å². The predicted octanol–water partition coefficient (Wildman–Crippen LogP) is 0.561. The van der Waals surface area contributed by atoms with Crippen molar-refractivity contribution >= 4 is 11.6 Å². The summed E-state index contributed by atoms with van der Waals surface area (Å²) in [5.74, 6) is 0.456. The fourth-order valence-corrected chi connectivity index (χ4v) is 2.60. The Morgan fingerprint density at radius 1 is 1.60 bits per heavy atom. The number of carbonyl (C=O) groups is 1. The number of fused-ring (bicyclic) bond motifs is 2. The Morgan fingerprint density at radius 3 is 3.07 bits per heavy atom. The molecule has 0 aromatic heterocycles. The van der Waals surface area contributed by atoms with E-state index in [2.05, 4.69) is 5.32 Å². The van der Waals surface area contributed by atoms with Crippen molar-refractivity contribution in [3.05, 3.63) is 23.8 Å². The summed E-state index contributed by atoms with van der Waals surface area (Å²) < 4.78 is 0. The third kappa shape index (κ3) is 0.920. The summed E-state index contributed by atoms with van der Waals surface area (Å²) >= 11 is 0. The van der Waals surface area contributed by atoms with Crippen molar-refractivity contribution in [1.29, 1.82) is 0 Å². The van der Waals surface area contributed by atoms with Crippen LogP contribution in [0, 0.1) is 5.92 Å². The van der Waals surface area contributed by atoms with Gasteiger partial charge in [-0.1, -0.05) is 6.07 Å². The molecule has 0 bridgehead atoms. The monoisotopic (exact) mass is 204 g/mol. The van der Waals surface area contributed by atoms with Crippen molar-refractivity contribution in [3.63, 3.8) is 0 Å². The van der Waals surface area contributed by atoms with Gasteiger partial charge in [-0.2, -0.15) is 0 Å². The zero-order chi connectivity index (χ0) is 10.6. The topological polar surface area (TPSA) is 75.4 Å².